The van der Waals surface area contributed by atoms with Gasteiger partial charge in [0.05, 0.1) is 6.61 Å². The van der Waals surface area contributed by atoms with Crippen LogP contribution in [0.3, 0.4) is 0 Å². The molecule has 0 aliphatic carbocycles. The second-order valence-electron chi connectivity index (χ2n) is 5.83. The summed E-state index contributed by atoms with van der Waals surface area (Å²) in [5, 5.41) is 3.28. The molecule has 0 aromatic rings. The Bertz CT molecular complexity index is 259. The van der Waals surface area contributed by atoms with Gasteiger partial charge >= 0.3 is 5.97 Å². The molecule has 0 aromatic carbocycles. The van der Waals surface area contributed by atoms with E-state index in [1.165, 1.54) is 24.3 Å². The van der Waals surface area contributed by atoms with Gasteiger partial charge in [-0.25, -0.2) is 0 Å². The Labute approximate surface area is 129 Å². The third-order valence-electron chi connectivity index (χ3n) is 3.35. The lowest BCUT2D eigenvalue weighted by Crippen LogP contribution is -2.50. The van der Waals surface area contributed by atoms with E-state index < -0.39 is 5.54 Å². The van der Waals surface area contributed by atoms with Crippen LogP contribution in [0, 0.1) is 5.92 Å². The molecule has 0 heterocycles. The molecule has 3 nitrogen and oxygen atoms in total. The first-order valence-corrected chi connectivity index (χ1v) is 9.11. The number of ether oxygens (including phenoxy) is 1. The molecular formula is C16H33NO2S. The number of unbranched alkanes of at least 4 members (excludes halogenated alkanes) is 1. The van der Waals surface area contributed by atoms with Crippen LogP contribution in [0.25, 0.3) is 0 Å². The zero-order valence-corrected chi connectivity index (χ0v) is 14.8. The molecule has 20 heavy (non-hydrogen) atoms. The highest BCUT2D eigenvalue weighted by Crippen LogP contribution is 2.18. The molecule has 0 amide bonds. The predicted octanol–water partition coefficient (Wildman–Crippen LogP) is 3.87. The minimum Gasteiger partial charge on any atom is -0.465 e. The largest absolute Gasteiger partial charge is 0.465 e. The number of rotatable bonds is 12. The minimum absolute atomic E-state index is 0.116. The van der Waals surface area contributed by atoms with E-state index in [2.05, 4.69) is 19.2 Å². The maximum absolute atomic E-state index is 12.0. The maximum atomic E-state index is 12.0. The van der Waals surface area contributed by atoms with Crippen LogP contribution in [-0.2, 0) is 9.53 Å². The number of esters is 1. The van der Waals surface area contributed by atoms with Gasteiger partial charge in [-0.3, -0.25) is 4.79 Å². The molecule has 0 spiro atoms. The minimum atomic E-state index is -0.520. The van der Waals surface area contributed by atoms with E-state index in [1.807, 2.05) is 32.5 Å². The molecule has 0 aliphatic rings. The Balaban J connectivity index is 3.89. The average molecular weight is 304 g/mol. The van der Waals surface area contributed by atoms with E-state index in [9.17, 15) is 4.79 Å². The van der Waals surface area contributed by atoms with E-state index in [0.717, 1.165) is 25.3 Å². The number of carbonyl (C=O) groups excluding carboxylic acids is 1. The summed E-state index contributed by atoms with van der Waals surface area (Å²) >= 11 is 2.03. The molecule has 0 saturated heterocycles. The first-order valence-electron chi connectivity index (χ1n) is 7.96. The first kappa shape index (κ1) is 19.8. The van der Waals surface area contributed by atoms with Crippen molar-refractivity contribution in [1.82, 2.24) is 5.32 Å². The SMILES string of the molecule is CCNC(C)(CCCCSCCC(C)C)C(=O)OCC. The van der Waals surface area contributed by atoms with Crippen molar-refractivity contribution >= 4 is 17.7 Å². The van der Waals surface area contributed by atoms with Crippen molar-refractivity contribution in [2.24, 2.45) is 5.92 Å². The lowest BCUT2D eigenvalue weighted by atomic mass is 9.95. The van der Waals surface area contributed by atoms with Gasteiger partial charge in [-0.05, 0) is 57.1 Å². The van der Waals surface area contributed by atoms with Crippen LogP contribution in [0.15, 0.2) is 0 Å². The molecule has 0 radical (unpaired) electrons. The van der Waals surface area contributed by atoms with Gasteiger partial charge in [0.1, 0.15) is 5.54 Å². The third kappa shape index (κ3) is 8.85. The molecule has 1 atom stereocenters. The quantitative estimate of drug-likeness (QED) is 0.439. The zero-order valence-electron chi connectivity index (χ0n) is 14.0. The number of hydrogen-bond acceptors (Lipinski definition) is 4. The molecule has 0 fully saturated rings. The van der Waals surface area contributed by atoms with Crippen LogP contribution < -0.4 is 5.32 Å². The highest BCUT2D eigenvalue weighted by Gasteiger charge is 2.32. The highest BCUT2D eigenvalue weighted by molar-refractivity contribution is 7.99. The van der Waals surface area contributed by atoms with Crippen molar-refractivity contribution in [1.29, 1.82) is 0 Å². The number of hydrogen-bond donors (Lipinski definition) is 1. The molecule has 0 bridgehead atoms. The van der Waals surface area contributed by atoms with Crippen LogP contribution in [0.2, 0.25) is 0 Å². The number of carbonyl (C=O) groups is 1. The summed E-state index contributed by atoms with van der Waals surface area (Å²) in [7, 11) is 0. The van der Waals surface area contributed by atoms with Gasteiger partial charge in [0.15, 0.2) is 0 Å². The van der Waals surface area contributed by atoms with Gasteiger partial charge in [0.2, 0.25) is 0 Å². The molecule has 0 saturated carbocycles. The smallest absolute Gasteiger partial charge is 0.326 e. The summed E-state index contributed by atoms with van der Waals surface area (Å²) in [6.45, 7) is 11.6. The van der Waals surface area contributed by atoms with Crippen LogP contribution in [-0.4, -0.2) is 36.2 Å². The standard InChI is InChI=1S/C16H33NO2S/c1-6-17-16(5,15(18)19-7-2)11-8-9-12-20-13-10-14(3)4/h14,17H,6-13H2,1-5H3. The van der Waals surface area contributed by atoms with E-state index in [4.69, 9.17) is 4.74 Å². The van der Waals surface area contributed by atoms with E-state index in [0.29, 0.717) is 6.61 Å². The van der Waals surface area contributed by atoms with Gasteiger partial charge in [0.25, 0.3) is 0 Å². The second-order valence-corrected chi connectivity index (χ2v) is 7.06. The van der Waals surface area contributed by atoms with E-state index in [1.54, 1.807) is 0 Å². The Morgan fingerprint density at radius 2 is 1.95 bits per heavy atom. The summed E-state index contributed by atoms with van der Waals surface area (Å²) in [4.78, 5) is 12.0. The third-order valence-corrected chi connectivity index (χ3v) is 4.45. The fraction of sp³-hybridized carbons (Fsp3) is 0.938. The second kappa shape index (κ2) is 11.4. The molecule has 4 heteroatoms. The van der Waals surface area contributed by atoms with Crippen molar-refractivity contribution < 1.29 is 9.53 Å². The summed E-state index contributed by atoms with van der Waals surface area (Å²) in [6, 6.07) is 0. The molecular weight excluding hydrogens is 270 g/mol. The zero-order chi connectivity index (χ0) is 15.4. The van der Waals surface area contributed by atoms with Crippen LogP contribution in [0.1, 0.15) is 60.3 Å². The molecule has 1 unspecified atom stereocenters. The van der Waals surface area contributed by atoms with E-state index >= 15 is 0 Å². The number of likely N-dealkylation sites (N-methyl/N-ethyl adjacent to an activating group) is 1. The molecule has 1 N–H and O–H groups in total. The topological polar surface area (TPSA) is 38.3 Å². The van der Waals surface area contributed by atoms with Crippen LogP contribution >= 0.6 is 11.8 Å². The Morgan fingerprint density at radius 3 is 2.50 bits per heavy atom. The van der Waals surface area contributed by atoms with Crippen molar-refractivity contribution in [3.8, 4) is 0 Å². The Morgan fingerprint density at radius 1 is 1.25 bits per heavy atom. The molecule has 120 valence electrons. The van der Waals surface area contributed by atoms with Gasteiger partial charge in [-0.1, -0.05) is 27.2 Å². The van der Waals surface area contributed by atoms with Gasteiger partial charge in [-0.15, -0.1) is 0 Å². The monoisotopic (exact) mass is 303 g/mol. The summed E-state index contributed by atoms with van der Waals surface area (Å²) < 4.78 is 5.17. The van der Waals surface area contributed by atoms with Crippen molar-refractivity contribution in [2.75, 3.05) is 24.7 Å². The highest BCUT2D eigenvalue weighted by atomic mass is 32.2. The summed E-state index contributed by atoms with van der Waals surface area (Å²) in [5.74, 6) is 3.12. The molecule has 0 aromatic heterocycles. The van der Waals surface area contributed by atoms with Crippen molar-refractivity contribution in [3.63, 3.8) is 0 Å². The number of nitrogens with one attached hydrogen (secondary N) is 1. The fourth-order valence-electron chi connectivity index (χ4n) is 2.05. The predicted molar refractivity (Wildman–Crippen MR) is 89.3 cm³/mol. The summed E-state index contributed by atoms with van der Waals surface area (Å²) in [5.41, 5.74) is -0.520. The molecule has 0 rings (SSSR count). The van der Waals surface area contributed by atoms with Gasteiger partial charge < -0.3 is 10.1 Å². The van der Waals surface area contributed by atoms with Crippen molar-refractivity contribution in [2.45, 2.75) is 65.8 Å². The fourth-order valence-corrected chi connectivity index (χ4v) is 3.30. The van der Waals surface area contributed by atoms with E-state index in [-0.39, 0.29) is 5.97 Å². The Kier molecular flexibility index (Phi) is 11.3. The number of thioether (sulfide) groups is 1. The normalized spacial score (nSPS) is 14.3. The van der Waals surface area contributed by atoms with Crippen LogP contribution in [0.5, 0.6) is 0 Å². The maximum Gasteiger partial charge on any atom is 0.326 e. The lowest BCUT2D eigenvalue weighted by Gasteiger charge is -2.28. The van der Waals surface area contributed by atoms with Gasteiger partial charge in [0, 0.05) is 0 Å². The summed E-state index contributed by atoms with van der Waals surface area (Å²) in [6.07, 6.45) is 4.38. The van der Waals surface area contributed by atoms with Gasteiger partial charge in [-0.2, -0.15) is 11.8 Å². The average Bonchev–Trinajstić information content (AvgIpc) is 2.38. The van der Waals surface area contributed by atoms with Crippen LogP contribution in [0.4, 0.5) is 0 Å². The first-order chi connectivity index (χ1) is 9.46. The lowest BCUT2D eigenvalue weighted by molar-refractivity contribution is -0.150. The molecule has 0 aliphatic heterocycles. The Hall–Kier alpha value is -0.220. The van der Waals surface area contributed by atoms with Crippen molar-refractivity contribution in [3.05, 3.63) is 0 Å².